The first kappa shape index (κ1) is 8.13. The molecule has 0 spiro atoms. The van der Waals surface area contributed by atoms with Crippen LogP contribution in [0.4, 0.5) is 11.4 Å². The quantitative estimate of drug-likeness (QED) is 0.679. The summed E-state index contributed by atoms with van der Waals surface area (Å²) < 4.78 is 0. The Bertz CT molecular complexity index is 420. The summed E-state index contributed by atoms with van der Waals surface area (Å²) >= 11 is 1.59. The molecule has 0 unspecified atom stereocenters. The van der Waals surface area contributed by atoms with E-state index in [4.69, 9.17) is 11.5 Å². The number of rotatable bonds is 1. The second-order valence-electron chi connectivity index (χ2n) is 2.83. The van der Waals surface area contributed by atoms with Gasteiger partial charge < -0.3 is 11.5 Å². The molecule has 13 heavy (non-hydrogen) atoms. The number of hydrogen-bond acceptors (Lipinski definition) is 3. The lowest BCUT2D eigenvalue weighted by atomic mass is 10.1. The van der Waals surface area contributed by atoms with Gasteiger partial charge in [0, 0.05) is 27.6 Å². The van der Waals surface area contributed by atoms with Gasteiger partial charge in [-0.05, 0) is 6.07 Å². The van der Waals surface area contributed by atoms with Crippen molar-refractivity contribution >= 4 is 22.7 Å². The van der Waals surface area contributed by atoms with E-state index in [0.29, 0.717) is 0 Å². The van der Waals surface area contributed by atoms with Gasteiger partial charge >= 0.3 is 0 Å². The molecular weight excluding hydrogens is 180 g/mol. The highest BCUT2D eigenvalue weighted by Crippen LogP contribution is 2.32. The number of anilines is 2. The molecule has 0 aliphatic heterocycles. The van der Waals surface area contributed by atoms with Crippen molar-refractivity contribution in [3.8, 4) is 11.1 Å². The summed E-state index contributed by atoms with van der Waals surface area (Å²) in [5.74, 6) is 0. The van der Waals surface area contributed by atoms with E-state index >= 15 is 0 Å². The smallest absolute Gasteiger partial charge is 0.0503 e. The van der Waals surface area contributed by atoms with Crippen molar-refractivity contribution in [2.45, 2.75) is 0 Å². The number of thiophene rings is 1. The van der Waals surface area contributed by atoms with E-state index in [-0.39, 0.29) is 0 Å². The number of nitrogen functional groups attached to an aromatic ring is 2. The van der Waals surface area contributed by atoms with Crippen molar-refractivity contribution in [1.82, 2.24) is 0 Å². The average Bonchev–Trinajstić information content (AvgIpc) is 2.52. The van der Waals surface area contributed by atoms with Crippen LogP contribution in [0, 0.1) is 0 Å². The Morgan fingerprint density at radius 3 is 2.23 bits per heavy atom. The lowest BCUT2D eigenvalue weighted by molar-refractivity contribution is 1.65. The average molecular weight is 190 g/mol. The Kier molecular flexibility index (Phi) is 1.94. The molecule has 3 heteroatoms. The maximum Gasteiger partial charge on any atom is 0.0503 e. The second-order valence-corrected chi connectivity index (χ2v) is 3.57. The summed E-state index contributed by atoms with van der Waals surface area (Å²) in [4.78, 5) is 0. The van der Waals surface area contributed by atoms with Crippen molar-refractivity contribution in [1.29, 1.82) is 0 Å². The molecule has 1 aromatic carbocycles. The molecule has 2 aromatic rings. The summed E-state index contributed by atoms with van der Waals surface area (Å²) in [6.07, 6.45) is 0. The monoisotopic (exact) mass is 190 g/mol. The van der Waals surface area contributed by atoms with Crippen LogP contribution < -0.4 is 11.5 Å². The normalized spacial score (nSPS) is 10.2. The zero-order valence-electron chi connectivity index (χ0n) is 7.03. The Morgan fingerprint density at radius 2 is 1.62 bits per heavy atom. The first-order valence-electron chi connectivity index (χ1n) is 3.95. The van der Waals surface area contributed by atoms with Crippen molar-refractivity contribution in [3.05, 3.63) is 35.0 Å². The summed E-state index contributed by atoms with van der Waals surface area (Å²) in [7, 11) is 0. The Hall–Kier alpha value is -1.48. The van der Waals surface area contributed by atoms with E-state index in [2.05, 4.69) is 0 Å². The van der Waals surface area contributed by atoms with Gasteiger partial charge in [-0.1, -0.05) is 18.2 Å². The minimum absolute atomic E-state index is 0.771. The maximum atomic E-state index is 5.83. The first-order chi connectivity index (χ1) is 6.29. The van der Waals surface area contributed by atoms with E-state index in [1.54, 1.807) is 11.3 Å². The zero-order chi connectivity index (χ0) is 9.26. The van der Waals surface area contributed by atoms with Crippen LogP contribution in [0.2, 0.25) is 0 Å². The molecule has 2 rings (SSSR count). The molecule has 66 valence electrons. The number of hydrogen-bond donors (Lipinski definition) is 2. The molecule has 0 saturated heterocycles. The molecule has 0 amide bonds. The van der Waals surface area contributed by atoms with Crippen LogP contribution in [-0.4, -0.2) is 0 Å². The molecule has 0 atom stereocenters. The van der Waals surface area contributed by atoms with Gasteiger partial charge in [-0.25, -0.2) is 0 Å². The maximum absolute atomic E-state index is 5.83. The third-order valence-corrected chi connectivity index (χ3v) is 2.70. The molecule has 1 heterocycles. The minimum atomic E-state index is 0.771. The molecular formula is C10H10N2S. The van der Waals surface area contributed by atoms with Crippen LogP contribution in [0.1, 0.15) is 0 Å². The fourth-order valence-corrected chi connectivity index (χ4v) is 2.01. The fraction of sp³-hybridized carbons (Fsp3) is 0. The number of para-hydroxylation sites is 1. The van der Waals surface area contributed by atoms with E-state index in [9.17, 15) is 0 Å². The number of nitrogens with two attached hydrogens (primary N) is 2. The van der Waals surface area contributed by atoms with Gasteiger partial charge in [0.1, 0.15) is 0 Å². The van der Waals surface area contributed by atoms with Crippen LogP contribution in [-0.2, 0) is 0 Å². The van der Waals surface area contributed by atoms with Crippen molar-refractivity contribution in [2.75, 3.05) is 11.5 Å². The zero-order valence-corrected chi connectivity index (χ0v) is 7.84. The van der Waals surface area contributed by atoms with Gasteiger partial charge in [0.2, 0.25) is 0 Å². The fourth-order valence-electron chi connectivity index (χ4n) is 1.27. The second kappa shape index (κ2) is 3.11. The first-order valence-corrected chi connectivity index (χ1v) is 4.90. The van der Waals surface area contributed by atoms with Crippen molar-refractivity contribution in [2.24, 2.45) is 0 Å². The van der Waals surface area contributed by atoms with Crippen LogP contribution in [0.5, 0.6) is 0 Å². The minimum Gasteiger partial charge on any atom is -0.398 e. The van der Waals surface area contributed by atoms with Crippen LogP contribution >= 0.6 is 11.3 Å². The molecule has 0 bridgehead atoms. The van der Waals surface area contributed by atoms with Gasteiger partial charge in [-0.15, -0.1) is 11.3 Å². The summed E-state index contributed by atoms with van der Waals surface area (Å²) in [5.41, 5.74) is 15.2. The number of benzene rings is 1. The van der Waals surface area contributed by atoms with Gasteiger partial charge in [0.05, 0.1) is 5.69 Å². The van der Waals surface area contributed by atoms with Crippen LogP contribution in [0.25, 0.3) is 11.1 Å². The topological polar surface area (TPSA) is 52.0 Å². The molecule has 0 saturated carbocycles. The van der Waals surface area contributed by atoms with E-state index in [1.165, 1.54) is 0 Å². The third kappa shape index (κ3) is 1.38. The Morgan fingerprint density at radius 1 is 0.846 bits per heavy atom. The van der Waals surface area contributed by atoms with E-state index in [1.807, 2.05) is 35.0 Å². The molecule has 2 nitrogen and oxygen atoms in total. The Balaban J connectivity index is 2.59. The lowest BCUT2D eigenvalue weighted by Gasteiger charge is -2.03. The van der Waals surface area contributed by atoms with E-state index in [0.717, 1.165) is 22.5 Å². The van der Waals surface area contributed by atoms with Crippen LogP contribution in [0.15, 0.2) is 35.0 Å². The van der Waals surface area contributed by atoms with Crippen molar-refractivity contribution < 1.29 is 0 Å². The Labute approximate surface area is 80.8 Å². The molecule has 1 aromatic heterocycles. The predicted octanol–water partition coefficient (Wildman–Crippen LogP) is 2.58. The molecule has 0 radical (unpaired) electrons. The van der Waals surface area contributed by atoms with Gasteiger partial charge in [0.25, 0.3) is 0 Å². The standard InChI is InChI=1S/C10H10N2S/c11-9-4-2-1-3-7(9)8-5-13-6-10(8)12/h1-6H,11-12H2. The lowest BCUT2D eigenvalue weighted by Crippen LogP contribution is -1.90. The highest BCUT2D eigenvalue weighted by molar-refractivity contribution is 7.08. The summed E-state index contributed by atoms with van der Waals surface area (Å²) in [6, 6.07) is 7.74. The van der Waals surface area contributed by atoms with Crippen LogP contribution in [0.3, 0.4) is 0 Å². The highest BCUT2D eigenvalue weighted by atomic mass is 32.1. The molecule has 0 aliphatic rings. The van der Waals surface area contributed by atoms with Gasteiger partial charge in [0.15, 0.2) is 0 Å². The van der Waals surface area contributed by atoms with E-state index < -0.39 is 0 Å². The third-order valence-electron chi connectivity index (χ3n) is 1.94. The summed E-state index contributed by atoms with van der Waals surface area (Å²) in [5, 5.41) is 3.93. The molecule has 4 N–H and O–H groups in total. The van der Waals surface area contributed by atoms with Gasteiger partial charge in [-0.3, -0.25) is 0 Å². The summed E-state index contributed by atoms with van der Waals surface area (Å²) in [6.45, 7) is 0. The van der Waals surface area contributed by atoms with Crippen molar-refractivity contribution in [3.63, 3.8) is 0 Å². The largest absolute Gasteiger partial charge is 0.398 e. The highest BCUT2D eigenvalue weighted by Gasteiger charge is 2.05. The predicted molar refractivity (Wildman–Crippen MR) is 58.6 cm³/mol. The molecule has 0 aliphatic carbocycles. The molecule has 0 fully saturated rings. The van der Waals surface area contributed by atoms with Gasteiger partial charge in [-0.2, -0.15) is 0 Å². The SMILES string of the molecule is Nc1ccccc1-c1cscc1N.